The Kier molecular flexibility index (Phi) is 11.7. The molecule has 1 aliphatic rings. The number of carboxylic acids is 2. The van der Waals surface area contributed by atoms with Gasteiger partial charge in [0.25, 0.3) is 0 Å². The molecule has 0 radical (unpaired) electrons. The SMILES string of the molecule is CCCCCCC(CCCC)Cc1ccsc1C#Cc1ccnc(C2C=C(C(=O)O)C=C(c3cc(C(=O)O)ccn3)N2)c1. The van der Waals surface area contributed by atoms with Crippen LogP contribution in [0, 0.1) is 17.8 Å². The Bertz CT molecular complexity index is 1550. The Morgan fingerprint density at radius 3 is 2.51 bits per heavy atom. The third-order valence-electron chi connectivity index (χ3n) is 7.59. The molecule has 0 fully saturated rings. The van der Waals surface area contributed by atoms with Crippen molar-refractivity contribution in [2.24, 2.45) is 5.92 Å². The van der Waals surface area contributed by atoms with Crippen molar-refractivity contribution in [1.82, 2.24) is 15.3 Å². The minimum absolute atomic E-state index is 0.0622. The lowest BCUT2D eigenvalue weighted by Gasteiger charge is -2.23. The number of aliphatic carboxylic acids is 1. The molecular formula is C35H39N3O4S. The number of rotatable bonds is 14. The lowest BCUT2D eigenvalue weighted by molar-refractivity contribution is -0.132. The van der Waals surface area contributed by atoms with E-state index in [1.165, 1.54) is 81.3 Å². The van der Waals surface area contributed by atoms with Crippen LogP contribution in [0.3, 0.4) is 0 Å². The number of dihydropyridines is 1. The topological polar surface area (TPSA) is 112 Å². The van der Waals surface area contributed by atoms with E-state index >= 15 is 0 Å². The number of nitrogens with zero attached hydrogens (tertiary/aromatic N) is 2. The van der Waals surface area contributed by atoms with Crippen molar-refractivity contribution >= 4 is 29.0 Å². The zero-order chi connectivity index (χ0) is 30.6. The molecule has 0 amide bonds. The van der Waals surface area contributed by atoms with E-state index in [1.54, 1.807) is 23.6 Å². The average molecular weight is 598 g/mol. The second-order valence-electron chi connectivity index (χ2n) is 10.9. The van der Waals surface area contributed by atoms with Gasteiger partial charge in [-0.25, -0.2) is 9.59 Å². The summed E-state index contributed by atoms with van der Waals surface area (Å²) >= 11 is 1.67. The number of hydrogen-bond acceptors (Lipinski definition) is 6. The molecule has 0 bridgehead atoms. The second kappa shape index (κ2) is 15.9. The highest BCUT2D eigenvalue weighted by molar-refractivity contribution is 7.10. The summed E-state index contributed by atoms with van der Waals surface area (Å²) < 4.78 is 0. The van der Waals surface area contributed by atoms with Gasteiger partial charge in [0.15, 0.2) is 0 Å². The molecule has 0 saturated carbocycles. The number of carbonyl (C=O) groups is 2. The number of unbranched alkanes of at least 4 members (excludes halogenated alkanes) is 4. The van der Waals surface area contributed by atoms with Crippen LogP contribution >= 0.6 is 11.3 Å². The van der Waals surface area contributed by atoms with Gasteiger partial charge in [0.05, 0.1) is 39.1 Å². The van der Waals surface area contributed by atoms with Gasteiger partial charge < -0.3 is 15.5 Å². The number of thiophene rings is 1. The smallest absolute Gasteiger partial charge is 0.335 e. The van der Waals surface area contributed by atoms with E-state index < -0.39 is 18.0 Å². The van der Waals surface area contributed by atoms with Gasteiger partial charge in [-0.1, -0.05) is 77.1 Å². The minimum Gasteiger partial charge on any atom is -0.478 e. The van der Waals surface area contributed by atoms with Gasteiger partial charge in [-0.3, -0.25) is 9.97 Å². The summed E-state index contributed by atoms with van der Waals surface area (Å²) in [6, 6.07) is 8.16. The van der Waals surface area contributed by atoms with E-state index in [0.29, 0.717) is 23.0 Å². The molecule has 2 atom stereocenters. The molecule has 3 aromatic rings. The van der Waals surface area contributed by atoms with Gasteiger partial charge >= 0.3 is 11.9 Å². The zero-order valence-corrected chi connectivity index (χ0v) is 25.6. The van der Waals surface area contributed by atoms with Crippen molar-refractivity contribution < 1.29 is 19.8 Å². The molecule has 0 saturated heterocycles. The maximum atomic E-state index is 11.9. The Balaban J connectivity index is 1.53. The second-order valence-corrected chi connectivity index (χ2v) is 11.8. The van der Waals surface area contributed by atoms with Gasteiger partial charge in [0.2, 0.25) is 0 Å². The van der Waals surface area contributed by atoms with Gasteiger partial charge in [-0.2, -0.15) is 0 Å². The predicted molar refractivity (Wildman–Crippen MR) is 171 cm³/mol. The van der Waals surface area contributed by atoms with Crippen LogP contribution in [-0.4, -0.2) is 32.1 Å². The first-order valence-corrected chi connectivity index (χ1v) is 15.9. The number of aromatic nitrogens is 2. The summed E-state index contributed by atoms with van der Waals surface area (Å²) in [5.41, 5.74) is 3.56. The highest BCUT2D eigenvalue weighted by Gasteiger charge is 2.22. The summed E-state index contributed by atoms with van der Waals surface area (Å²) in [6.07, 6.45) is 17.3. The molecule has 7 nitrogen and oxygen atoms in total. The van der Waals surface area contributed by atoms with Crippen LogP contribution < -0.4 is 5.32 Å². The highest BCUT2D eigenvalue weighted by atomic mass is 32.1. The van der Waals surface area contributed by atoms with Crippen molar-refractivity contribution in [1.29, 1.82) is 0 Å². The van der Waals surface area contributed by atoms with Crippen LogP contribution in [0.1, 0.15) is 109 Å². The van der Waals surface area contributed by atoms with Crippen LogP contribution in [-0.2, 0) is 11.2 Å². The van der Waals surface area contributed by atoms with E-state index in [0.717, 1.165) is 16.9 Å². The first-order chi connectivity index (χ1) is 20.9. The standard InChI is InChI=1S/C35H39N3O4S/c1-3-5-7-8-10-24(9-6-4-2)19-26-15-18-43-33(26)12-11-25-13-16-36-29(20-25)31-22-28(35(41)42)23-32(38-31)30-21-27(34(39)40)14-17-37-30/h13-18,20-24,31,38H,3-10,19H2,1-2H3,(H,39,40)(H,41,42). The highest BCUT2D eigenvalue weighted by Crippen LogP contribution is 2.28. The molecule has 4 rings (SSSR count). The molecule has 3 N–H and O–H groups in total. The Labute approximate surface area is 257 Å². The lowest BCUT2D eigenvalue weighted by Crippen LogP contribution is -2.25. The fraction of sp³-hybridized carbons (Fsp3) is 0.371. The first kappa shape index (κ1) is 31.7. The number of pyridine rings is 2. The summed E-state index contributed by atoms with van der Waals surface area (Å²) in [6.45, 7) is 4.51. The minimum atomic E-state index is -1.10. The van der Waals surface area contributed by atoms with Crippen LogP contribution in [0.15, 0.2) is 65.8 Å². The molecule has 1 aliphatic heterocycles. The number of nitrogens with one attached hydrogen (secondary N) is 1. The van der Waals surface area contributed by atoms with Crippen LogP contribution in [0.4, 0.5) is 0 Å². The van der Waals surface area contributed by atoms with E-state index in [4.69, 9.17) is 0 Å². The van der Waals surface area contributed by atoms with E-state index in [-0.39, 0.29) is 11.1 Å². The normalized spacial score (nSPS) is 15.0. The third kappa shape index (κ3) is 9.13. The largest absolute Gasteiger partial charge is 0.478 e. The molecule has 0 aromatic carbocycles. The van der Waals surface area contributed by atoms with Crippen LogP contribution in [0.25, 0.3) is 5.70 Å². The zero-order valence-electron chi connectivity index (χ0n) is 24.8. The summed E-state index contributed by atoms with van der Waals surface area (Å²) in [5.74, 6) is 5.19. The Morgan fingerprint density at radius 1 is 0.953 bits per heavy atom. The van der Waals surface area contributed by atoms with Crippen molar-refractivity contribution in [2.75, 3.05) is 0 Å². The summed E-state index contributed by atoms with van der Waals surface area (Å²) in [5, 5.41) is 24.5. The fourth-order valence-electron chi connectivity index (χ4n) is 5.23. The molecule has 224 valence electrons. The quantitative estimate of drug-likeness (QED) is 0.129. The van der Waals surface area contributed by atoms with Crippen molar-refractivity contribution in [2.45, 2.75) is 77.7 Å². The average Bonchev–Trinajstić information content (AvgIpc) is 3.47. The molecule has 43 heavy (non-hydrogen) atoms. The van der Waals surface area contributed by atoms with Crippen molar-refractivity contribution in [3.63, 3.8) is 0 Å². The molecular weight excluding hydrogens is 558 g/mol. The number of carboxylic acid groups (broad SMARTS) is 2. The molecule has 4 heterocycles. The Hall–Kier alpha value is -4.22. The van der Waals surface area contributed by atoms with Crippen molar-refractivity contribution in [3.8, 4) is 11.8 Å². The predicted octanol–water partition coefficient (Wildman–Crippen LogP) is 7.65. The molecule has 2 unspecified atom stereocenters. The summed E-state index contributed by atoms with van der Waals surface area (Å²) in [7, 11) is 0. The van der Waals surface area contributed by atoms with E-state index in [2.05, 4.69) is 52.4 Å². The van der Waals surface area contributed by atoms with Crippen LogP contribution in [0.5, 0.6) is 0 Å². The van der Waals surface area contributed by atoms with Gasteiger partial charge in [0, 0.05) is 18.0 Å². The molecule has 8 heteroatoms. The summed E-state index contributed by atoms with van der Waals surface area (Å²) in [4.78, 5) is 33.2. The maximum absolute atomic E-state index is 11.9. The lowest BCUT2D eigenvalue weighted by atomic mass is 9.89. The van der Waals surface area contributed by atoms with Crippen molar-refractivity contribution in [3.05, 3.63) is 98.8 Å². The maximum Gasteiger partial charge on any atom is 0.335 e. The van der Waals surface area contributed by atoms with Crippen LogP contribution in [0.2, 0.25) is 0 Å². The third-order valence-corrected chi connectivity index (χ3v) is 8.47. The molecule has 3 aromatic heterocycles. The van der Waals surface area contributed by atoms with Gasteiger partial charge in [-0.15, -0.1) is 11.3 Å². The van der Waals surface area contributed by atoms with E-state index in [9.17, 15) is 19.8 Å². The first-order valence-electron chi connectivity index (χ1n) is 15.0. The number of hydrogen-bond donors (Lipinski definition) is 3. The Morgan fingerprint density at radius 2 is 1.74 bits per heavy atom. The monoisotopic (exact) mass is 597 g/mol. The van der Waals surface area contributed by atoms with Gasteiger partial charge in [-0.05, 0) is 65.8 Å². The molecule has 0 spiro atoms. The molecule has 0 aliphatic carbocycles. The fourth-order valence-corrected chi connectivity index (χ4v) is 6.01. The van der Waals surface area contributed by atoms with E-state index in [1.807, 2.05) is 12.1 Å². The number of aromatic carboxylic acids is 1. The van der Waals surface area contributed by atoms with Gasteiger partial charge in [0.1, 0.15) is 0 Å².